The minimum Gasteiger partial charge on any atom is -0.389 e. The van der Waals surface area contributed by atoms with Gasteiger partial charge in [-0.3, -0.25) is 0 Å². The fourth-order valence-corrected chi connectivity index (χ4v) is 2.16. The van der Waals surface area contributed by atoms with Crippen LogP contribution in [-0.4, -0.2) is 16.5 Å². The summed E-state index contributed by atoms with van der Waals surface area (Å²) in [7, 11) is 0. The Morgan fingerprint density at radius 2 is 2.00 bits per heavy atom. The number of fused-ring (bicyclic) bond motifs is 1. The fourth-order valence-electron chi connectivity index (χ4n) is 1.99. The summed E-state index contributed by atoms with van der Waals surface area (Å²) in [4.78, 5) is 5.06. The topological polar surface area (TPSA) is 50.9 Å². The van der Waals surface area contributed by atoms with Crippen molar-refractivity contribution in [3.05, 3.63) is 35.9 Å². The number of anilines is 1. The zero-order chi connectivity index (χ0) is 15.6. The van der Waals surface area contributed by atoms with E-state index in [0.29, 0.717) is 10.9 Å². The summed E-state index contributed by atoms with van der Waals surface area (Å²) in [6.07, 6.45) is 0. The lowest BCUT2D eigenvalue weighted by Crippen LogP contribution is -2.28. The van der Waals surface area contributed by atoms with Crippen molar-refractivity contribution in [1.82, 2.24) is 4.98 Å². The van der Waals surface area contributed by atoms with Gasteiger partial charge in [-0.2, -0.15) is 0 Å². The van der Waals surface area contributed by atoms with E-state index >= 15 is 0 Å². The third kappa shape index (κ3) is 3.50. The maximum absolute atomic E-state index is 5.85. The molecule has 0 radical (unpaired) electrons. The van der Waals surface area contributed by atoms with Crippen LogP contribution in [-0.2, 0) is 0 Å². The van der Waals surface area contributed by atoms with Gasteiger partial charge in [0.15, 0.2) is 0 Å². The van der Waals surface area contributed by atoms with E-state index in [4.69, 9.17) is 18.0 Å². The molecule has 3 N–H and O–H groups in total. The molecule has 112 valence electrons. The number of nitrogens with two attached hydrogens (primary N) is 1. The van der Waals surface area contributed by atoms with Crippen LogP contribution in [0.5, 0.6) is 0 Å². The fraction of sp³-hybridized carbons (Fsp3) is 0.412. The Morgan fingerprint density at radius 1 is 1.33 bits per heavy atom. The lowest BCUT2D eigenvalue weighted by atomic mass is 9.81. The summed E-state index contributed by atoms with van der Waals surface area (Å²) in [6, 6.07) is 9.87. The number of hydrogen-bond acceptors (Lipinski definition) is 3. The van der Waals surface area contributed by atoms with Crippen molar-refractivity contribution in [1.29, 1.82) is 0 Å². The summed E-state index contributed by atoms with van der Waals surface area (Å²) in [5, 5.41) is 4.43. The van der Waals surface area contributed by atoms with E-state index in [9.17, 15) is 0 Å². The molecule has 0 saturated heterocycles. The molecule has 3 nitrogen and oxygen atoms in total. The number of para-hydroxylation sites is 1. The van der Waals surface area contributed by atoms with Crippen LogP contribution in [0.2, 0.25) is 0 Å². The van der Waals surface area contributed by atoms with Crippen LogP contribution in [0.1, 0.15) is 33.3 Å². The normalized spacial score (nSPS) is 11.9. The van der Waals surface area contributed by atoms with Gasteiger partial charge in [0.1, 0.15) is 10.8 Å². The van der Waals surface area contributed by atoms with E-state index in [2.05, 4.69) is 38.0 Å². The van der Waals surface area contributed by atoms with Gasteiger partial charge in [0.25, 0.3) is 0 Å². The first-order valence-corrected chi connectivity index (χ1v) is 7.65. The Bertz CT molecular complexity index is 662. The minimum absolute atomic E-state index is 0.191. The second-order valence-corrected chi connectivity index (χ2v) is 6.87. The molecule has 0 atom stereocenters. The molecule has 21 heavy (non-hydrogen) atoms. The molecule has 0 fully saturated rings. The lowest BCUT2D eigenvalue weighted by molar-refractivity contribution is 0.269. The largest absolute Gasteiger partial charge is 0.389 e. The van der Waals surface area contributed by atoms with Gasteiger partial charge in [0.05, 0.1) is 5.52 Å². The first-order valence-electron chi connectivity index (χ1n) is 7.25. The van der Waals surface area contributed by atoms with Crippen molar-refractivity contribution in [2.24, 2.45) is 17.1 Å². The van der Waals surface area contributed by atoms with Crippen LogP contribution >= 0.6 is 12.2 Å². The molecule has 1 aromatic heterocycles. The summed E-state index contributed by atoms with van der Waals surface area (Å²) in [6.45, 7) is 9.82. The van der Waals surface area contributed by atoms with Gasteiger partial charge in [-0.1, -0.05) is 58.1 Å². The van der Waals surface area contributed by atoms with Crippen LogP contribution in [0.3, 0.4) is 0 Å². The molecule has 1 aromatic carbocycles. The highest BCUT2D eigenvalue weighted by molar-refractivity contribution is 7.80. The Morgan fingerprint density at radius 3 is 2.62 bits per heavy atom. The summed E-state index contributed by atoms with van der Waals surface area (Å²) < 4.78 is 0. The van der Waals surface area contributed by atoms with Gasteiger partial charge < -0.3 is 11.1 Å². The molecule has 4 heteroatoms. The van der Waals surface area contributed by atoms with Crippen LogP contribution in [0.15, 0.2) is 30.3 Å². The second-order valence-electron chi connectivity index (χ2n) is 6.43. The van der Waals surface area contributed by atoms with Gasteiger partial charge in [-0.05, 0) is 23.5 Å². The molecule has 0 aliphatic heterocycles. The van der Waals surface area contributed by atoms with E-state index in [0.717, 1.165) is 28.8 Å². The molecule has 0 aliphatic rings. The monoisotopic (exact) mass is 301 g/mol. The molecule has 0 bridgehead atoms. The highest BCUT2D eigenvalue weighted by atomic mass is 32.1. The standard InChI is InChI=1S/C17H23N3S/c1-11(2)17(3,4)10-19-15-9-13(16(18)21)12-7-5-6-8-14(12)20-15/h5-9,11H,10H2,1-4H3,(H2,18,21)(H,19,20). The van der Waals surface area contributed by atoms with Gasteiger partial charge in [0, 0.05) is 17.5 Å². The molecule has 0 aliphatic carbocycles. The predicted octanol–water partition coefficient (Wildman–Crippen LogP) is 3.96. The second kappa shape index (κ2) is 5.98. The Hall–Kier alpha value is -1.68. The van der Waals surface area contributed by atoms with E-state index in [1.165, 1.54) is 0 Å². The number of rotatable bonds is 5. The van der Waals surface area contributed by atoms with Gasteiger partial charge >= 0.3 is 0 Å². The number of thiocarbonyl (C=S) groups is 1. The van der Waals surface area contributed by atoms with E-state index in [-0.39, 0.29) is 5.41 Å². The van der Waals surface area contributed by atoms with Crippen LogP contribution in [0.25, 0.3) is 10.9 Å². The quantitative estimate of drug-likeness (QED) is 0.821. The average molecular weight is 301 g/mol. The third-order valence-electron chi connectivity index (χ3n) is 4.27. The molecular weight excluding hydrogens is 278 g/mol. The number of pyridine rings is 1. The first-order chi connectivity index (χ1) is 9.81. The van der Waals surface area contributed by atoms with Crippen molar-refractivity contribution in [2.45, 2.75) is 27.7 Å². The smallest absolute Gasteiger partial charge is 0.127 e. The lowest BCUT2D eigenvalue weighted by Gasteiger charge is -2.29. The summed E-state index contributed by atoms with van der Waals surface area (Å²) in [5.74, 6) is 1.41. The predicted molar refractivity (Wildman–Crippen MR) is 94.7 cm³/mol. The average Bonchev–Trinajstić information content (AvgIpc) is 2.44. The first kappa shape index (κ1) is 15.7. The minimum atomic E-state index is 0.191. The van der Waals surface area contributed by atoms with E-state index < -0.39 is 0 Å². The van der Waals surface area contributed by atoms with Gasteiger partial charge in [-0.25, -0.2) is 4.98 Å². The number of nitrogens with zero attached hydrogens (tertiary/aromatic N) is 1. The maximum Gasteiger partial charge on any atom is 0.127 e. The number of hydrogen-bond donors (Lipinski definition) is 2. The van der Waals surface area contributed by atoms with E-state index in [1.807, 2.05) is 30.3 Å². The molecular formula is C17H23N3S. The van der Waals surface area contributed by atoms with Crippen molar-refractivity contribution in [2.75, 3.05) is 11.9 Å². The van der Waals surface area contributed by atoms with Crippen LogP contribution in [0.4, 0.5) is 5.82 Å². The van der Waals surface area contributed by atoms with Gasteiger partial charge in [0.2, 0.25) is 0 Å². The Labute approximate surface area is 132 Å². The zero-order valence-electron chi connectivity index (χ0n) is 13.1. The van der Waals surface area contributed by atoms with Crippen molar-refractivity contribution < 1.29 is 0 Å². The summed E-state index contributed by atoms with van der Waals surface area (Å²) in [5.41, 5.74) is 7.83. The molecule has 0 unspecified atom stereocenters. The number of aromatic nitrogens is 1. The van der Waals surface area contributed by atoms with Crippen LogP contribution in [0, 0.1) is 11.3 Å². The maximum atomic E-state index is 5.85. The molecule has 2 rings (SSSR count). The molecule has 0 spiro atoms. The highest BCUT2D eigenvalue weighted by Crippen LogP contribution is 2.27. The molecule has 2 aromatic rings. The molecule has 0 saturated carbocycles. The summed E-state index contributed by atoms with van der Waals surface area (Å²) >= 11 is 5.17. The molecule has 0 amide bonds. The zero-order valence-corrected chi connectivity index (χ0v) is 13.9. The van der Waals surface area contributed by atoms with Crippen molar-refractivity contribution in [3.63, 3.8) is 0 Å². The number of nitrogens with one attached hydrogen (secondary N) is 1. The van der Waals surface area contributed by atoms with Crippen molar-refractivity contribution in [3.8, 4) is 0 Å². The van der Waals surface area contributed by atoms with E-state index in [1.54, 1.807) is 0 Å². The number of benzene rings is 1. The Kier molecular flexibility index (Phi) is 4.47. The highest BCUT2D eigenvalue weighted by Gasteiger charge is 2.22. The molecule has 1 heterocycles. The Balaban J connectivity index is 2.35. The van der Waals surface area contributed by atoms with Crippen molar-refractivity contribution >= 4 is 33.9 Å². The van der Waals surface area contributed by atoms with Crippen LogP contribution < -0.4 is 11.1 Å². The van der Waals surface area contributed by atoms with Gasteiger partial charge in [-0.15, -0.1) is 0 Å². The third-order valence-corrected chi connectivity index (χ3v) is 4.49. The SMILES string of the molecule is CC(C)C(C)(C)CNc1cc(C(N)=S)c2ccccc2n1.